The third-order valence-corrected chi connectivity index (χ3v) is 13.6. The Kier molecular flexibility index (Phi) is 9.02. The molecule has 0 bridgehead atoms. The lowest BCUT2D eigenvalue weighted by atomic mass is 9.75. The van der Waals surface area contributed by atoms with Crippen LogP contribution in [-0.2, 0) is 12.8 Å². The van der Waals surface area contributed by atoms with Crippen LogP contribution in [0.3, 0.4) is 0 Å². The third kappa shape index (κ3) is 6.49. The minimum absolute atomic E-state index is 0.304. The zero-order valence-corrected chi connectivity index (χ0v) is 36.1. The van der Waals surface area contributed by atoms with E-state index in [1.54, 1.807) is 0 Å². The highest BCUT2D eigenvalue weighted by molar-refractivity contribution is 6.22. The molecule has 0 radical (unpaired) electrons. The summed E-state index contributed by atoms with van der Waals surface area (Å²) >= 11 is 0. The van der Waals surface area contributed by atoms with E-state index in [9.17, 15) is 0 Å². The first-order valence-electron chi connectivity index (χ1n) is 22.8. The van der Waals surface area contributed by atoms with Gasteiger partial charge in [-0.25, -0.2) is 15.0 Å². The topological polar surface area (TPSA) is 43.6 Å². The van der Waals surface area contributed by atoms with Crippen molar-refractivity contribution in [2.45, 2.75) is 18.8 Å². The van der Waals surface area contributed by atoms with Gasteiger partial charge in [0, 0.05) is 33.2 Å². The highest BCUT2D eigenvalue weighted by Crippen LogP contribution is 2.46. The van der Waals surface area contributed by atoms with Crippen molar-refractivity contribution in [3.05, 3.63) is 241 Å². The van der Waals surface area contributed by atoms with Crippen molar-refractivity contribution in [2.75, 3.05) is 0 Å². The summed E-state index contributed by atoms with van der Waals surface area (Å²) in [5.74, 6) is 2.26. The van der Waals surface area contributed by atoms with Gasteiger partial charge in [0.15, 0.2) is 17.5 Å². The molecule has 0 saturated carbocycles. The quantitative estimate of drug-likeness (QED) is 0.161. The number of fused-ring (bicyclic) bond motifs is 9. The fraction of sp³-hybridized carbons (Fsp3) is 0.0484. The van der Waals surface area contributed by atoms with E-state index in [4.69, 9.17) is 15.0 Å². The van der Waals surface area contributed by atoms with E-state index in [0.29, 0.717) is 23.4 Å². The van der Waals surface area contributed by atoms with Crippen LogP contribution in [0.1, 0.15) is 22.6 Å². The maximum absolute atomic E-state index is 5.16. The highest BCUT2D eigenvalue weighted by Gasteiger charge is 2.28. The second-order valence-electron chi connectivity index (χ2n) is 17.5. The normalized spacial score (nSPS) is 13.3. The predicted octanol–water partition coefficient (Wildman–Crippen LogP) is 15.5. The summed E-state index contributed by atoms with van der Waals surface area (Å²) in [4.78, 5) is 15.3. The van der Waals surface area contributed by atoms with Crippen LogP contribution in [0.5, 0.6) is 0 Å². The molecule has 10 aromatic carbocycles. The number of para-hydroxylation sites is 1. The van der Waals surface area contributed by atoms with Gasteiger partial charge in [-0.1, -0.05) is 182 Å². The highest BCUT2D eigenvalue weighted by atomic mass is 15.0. The summed E-state index contributed by atoms with van der Waals surface area (Å²) in [6, 6.07) is 80.9. The molecule has 0 saturated heterocycles. The second kappa shape index (κ2) is 15.7. The Morgan fingerprint density at radius 2 is 1.03 bits per heavy atom. The number of hydrogen-bond donors (Lipinski definition) is 0. The number of benzene rings is 10. The van der Waals surface area contributed by atoms with Gasteiger partial charge in [-0.2, -0.15) is 0 Å². The molecule has 0 amide bonds. The largest absolute Gasteiger partial charge is 0.309 e. The Bertz CT molecular complexity index is 3820. The maximum Gasteiger partial charge on any atom is 0.164 e. The summed E-state index contributed by atoms with van der Waals surface area (Å²) in [6.45, 7) is 0. The predicted molar refractivity (Wildman–Crippen MR) is 273 cm³/mol. The van der Waals surface area contributed by atoms with Gasteiger partial charge in [-0.05, 0) is 122 Å². The van der Waals surface area contributed by atoms with E-state index in [1.165, 1.54) is 76.9 Å². The molecule has 66 heavy (non-hydrogen) atoms. The van der Waals surface area contributed by atoms with Crippen molar-refractivity contribution in [3.8, 4) is 62.1 Å². The van der Waals surface area contributed by atoms with E-state index in [1.807, 2.05) is 24.3 Å². The van der Waals surface area contributed by atoms with E-state index in [-0.39, 0.29) is 0 Å². The van der Waals surface area contributed by atoms with Crippen LogP contribution >= 0.6 is 0 Å². The Labute approximate surface area is 383 Å². The SMILES string of the molecule is c1ccc(-c2cccc(-c3nc(-c4ccccc4)nc(-c4ccc5c(CC6Cc7cc8c(cc7-c7ccccc76)c6c7ccccc7ccc6n8-c6ccccc6)cccc5c4)n3)c2)cc1. The molecule has 1 unspecified atom stereocenters. The van der Waals surface area contributed by atoms with Crippen LogP contribution in [-0.4, -0.2) is 19.5 Å². The van der Waals surface area contributed by atoms with Gasteiger partial charge in [0.25, 0.3) is 0 Å². The van der Waals surface area contributed by atoms with E-state index in [0.717, 1.165) is 40.7 Å². The van der Waals surface area contributed by atoms with Crippen molar-refractivity contribution in [2.24, 2.45) is 0 Å². The summed E-state index contributed by atoms with van der Waals surface area (Å²) in [6.07, 6.45) is 1.87. The minimum atomic E-state index is 0.304. The van der Waals surface area contributed by atoms with E-state index >= 15 is 0 Å². The molecule has 4 nitrogen and oxygen atoms in total. The number of rotatable bonds is 7. The average Bonchev–Trinajstić information content (AvgIpc) is 3.72. The van der Waals surface area contributed by atoms with Crippen LogP contribution in [0.25, 0.3) is 105 Å². The van der Waals surface area contributed by atoms with Gasteiger partial charge >= 0.3 is 0 Å². The Balaban J connectivity index is 0.895. The molecule has 0 fully saturated rings. The molecular weight excluding hydrogens is 801 g/mol. The van der Waals surface area contributed by atoms with Crippen LogP contribution in [0.4, 0.5) is 0 Å². The summed E-state index contributed by atoms with van der Waals surface area (Å²) in [7, 11) is 0. The van der Waals surface area contributed by atoms with Gasteiger partial charge in [0.1, 0.15) is 0 Å². The van der Waals surface area contributed by atoms with Gasteiger partial charge in [0.2, 0.25) is 0 Å². The van der Waals surface area contributed by atoms with Crippen molar-refractivity contribution in [1.29, 1.82) is 0 Å². The molecule has 0 N–H and O–H groups in total. The first-order chi connectivity index (χ1) is 32.7. The molecule has 12 aromatic rings. The molecule has 0 aliphatic heterocycles. The van der Waals surface area contributed by atoms with Gasteiger partial charge in [-0.3, -0.25) is 0 Å². The maximum atomic E-state index is 5.16. The third-order valence-electron chi connectivity index (χ3n) is 13.6. The monoisotopic (exact) mass is 842 g/mol. The lowest BCUT2D eigenvalue weighted by Gasteiger charge is -2.29. The summed E-state index contributed by atoms with van der Waals surface area (Å²) in [5, 5.41) is 7.58. The van der Waals surface area contributed by atoms with Crippen molar-refractivity contribution < 1.29 is 0 Å². The molecule has 4 heteroatoms. The van der Waals surface area contributed by atoms with Crippen LogP contribution in [0, 0.1) is 0 Å². The number of hydrogen-bond acceptors (Lipinski definition) is 3. The minimum Gasteiger partial charge on any atom is -0.309 e. The Morgan fingerprint density at radius 3 is 1.85 bits per heavy atom. The van der Waals surface area contributed by atoms with Gasteiger partial charge in [-0.15, -0.1) is 0 Å². The fourth-order valence-corrected chi connectivity index (χ4v) is 10.6. The molecule has 1 aliphatic rings. The number of nitrogens with zero attached hydrogens (tertiary/aromatic N) is 4. The average molecular weight is 843 g/mol. The second-order valence-corrected chi connectivity index (χ2v) is 17.5. The smallest absolute Gasteiger partial charge is 0.164 e. The van der Waals surface area contributed by atoms with Crippen molar-refractivity contribution >= 4 is 43.4 Å². The van der Waals surface area contributed by atoms with Crippen LogP contribution in [0.15, 0.2) is 224 Å². The lowest BCUT2D eigenvalue weighted by Crippen LogP contribution is -2.14. The Morgan fingerprint density at radius 1 is 0.394 bits per heavy atom. The Hall–Kier alpha value is -8.47. The first-order valence-corrected chi connectivity index (χ1v) is 22.8. The molecular formula is C62H42N4. The molecule has 2 aromatic heterocycles. The lowest BCUT2D eigenvalue weighted by molar-refractivity contribution is 0.676. The van der Waals surface area contributed by atoms with Gasteiger partial charge < -0.3 is 4.57 Å². The van der Waals surface area contributed by atoms with Gasteiger partial charge in [0.05, 0.1) is 11.0 Å². The van der Waals surface area contributed by atoms with Crippen LogP contribution in [0.2, 0.25) is 0 Å². The van der Waals surface area contributed by atoms with Crippen LogP contribution < -0.4 is 0 Å². The summed E-state index contributed by atoms with van der Waals surface area (Å²) in [5.41, 5.74) is 15.6. The molecule has 1 atom stereocenters. The zero-order valence-electron chi connectivity index (χ0n) is 36.1. The van der Waals surface area contributed by atoms with Crippen molar-refractivity contribution in [1.82, 2.24) is 19.5 Å². The molecule has 310 valence electrons. The first kappa shape index (κ1) is 38.0. The zero-order chi connectivity index (χ0) is 43.6. The van der Waals surface area contributed by atoms with E-state index in [2.05, 4.69) is 205 Å². The molecule has 13 rings (SSSR count). The molecule has 2 heterocycles. The van der Waals surface area contributed by atoms with E-state index < -0.39 is 0 Å². The van der Waals surface area contributed by atoms with Crippen molar-refractivity contribution in [3.63, 3.8) is 0 Å². The number of aromatic nitrogens is 4. The fourth-order valence-electron chi connectivity index (χ4n) is 10.6. The molecule has 1 aliphatic carbocycles. The standard InChI is InChI=1S/C62H42N4/c1-4-16-40(17-5-1)43-21-14-24-46(34-43)61-63-60(42-19-6-2-7-20-42)64-62(65-61)47-30-32-51-44(35-47)22-15-23-45(51)36-48-37-49-38-58-56(39-55(49)54-29-13-12-27-52(48)54)59-53-28-11-10-18-41(53)31-33-57(59)66(58)50-25-8-3-9-26-50/h1-35,38-39,48H,36-37H2. The molecule has 0 spiro atoms. The summed E-state index contributed by atoms with van der Waals surface area (Å²) < 4.78 is 2.47.